The van der Waals surface area contributed by atoms with Gasteiger partial charge in [-0.1, -0.05) is 47.0 Å². The molecule has 3 aromatic carbocycles. The maximum Gasteiger partial charge on any atom is 0.262 e. The molecule has 1 amide bonds. The summed E-state index contributed by atoms with van der Waals surface area (Å²) in [6.45, 7) is 6.80. The molecule has 0 bridgehead atoms. The number of anilines is 2. The fourth-order valence-electron chi connectivity index (χ4n) is 2.94. The van der Waals surface area contributed by atoms with E-state index in [1.54, 1.807) is 6.07 Å². The Bertz CT molecular complexity index is 1020. The molecule has 0 aromatic heterocycles. The molecular weight excluding hydrogens is 412 g/mol. The predicted molar refractivity (Wildman–Crippen MR) is 126 cm³/mol. The molecule has 162 valence electrons. The fraction of sp³-hybridized carbons (Fsp3) is 0.240. The zero-order valence-electron chi connectivity index (χ0n) is 18.0. The average Bonchev–Trinajstić information content (AvgIpc) is 2.75. The minimum Gasteiger partial charge on any atom is -0.490 e. The highest BCUT2D eigenvalue weighted by atomic mass is 35.5. The van der Waals surface area contributed by atoms with Crippen LogP contribution in [-0.2, 0) is 11.3 Å². The van der Waals surface area contributed by atoms with Crippen LogP contribution in [0.2, 0.25) is 5.02 Å². The number of halogens is 1. The predicted octanol–water partition coefficient (Wildman–Crippen LogP) is 5.99. The van der Waals surface area contributed by atoms with Crippen LogP contribution in [0.5, 0.6) is 11.5 Å². The van der Waals surface area contributed by atoms with E-state index in [4.69, 9.17) is 21.1 Å². The summed E-state index contributed by atoms with van der Waals surface area (Å²) >= 11 is 6.48. The van der Waals surface area contributed by atoms with E-state index in [1.165, 1.54) is 5.56 Å². The number of benzene rings is 3. The van der Waals surface area contributed by atoms with Gasteiger partial charge in [0.15, 0.2) is 18.1 Å². The van der Waals surface area contributed by atoms with Crippen LogP contribution in [0, 0.1) is 13.8 Å². The van der Waals surface area contributed by atoms with Gasteiger partial charge in [0.25, 0.3) is 5.91 Å². The minimum absolute atomic E-state index is 0.148. The molecule has 5 nitrogen and oxygen atoms in total. The second kappa shape index (κ2) is 10.7. The monoisotopic (exact) mass is 438 g/mol. The van der Waals surface area contributed by atoms with Gasteiger partial charge in [0, 0.05) is 29.0 Å². The molecule has 2 N–H and O–H groups in total. The first-order chi connectivity index (χ1) is 14.9. The molecule has 0 saturated heterocycles. The van der Waals surface area contributed by atoms with E-state index >= 15 is 0 Å². The Morgan fingerprint density at radius 2 is 1.45 bits per heavy atom. The van der Waals surface area contributed by atoms with E-state index in [0.29, 0.717) is 29.7 Å². The summed E-state index contributed by atoms with van der Waals surface area (Å²) in [6.07, 6.45) is 0. The van der Waals surface area contributed by atoms with Crippen LogP contribution < -0.4 is 20.1 Å². The third-order valence-corrected chi connectivity index (χ3v) is 4.99. The number of hydrogen-bond acceptors (Lipinski definition) is 4. The van der Waals surface area contributed by atoms with Crippen LogP contribution in [0.15, 0.2) is 60.7 Å². The Kier molecular flexibility index (Phi) is 7.79. The summed E-state index contributed by atoms with van der Waals surface area (Å²) in [5, 5.41) is 6.70. The van der Waals surface area contributed by atoms with Crippen LogP contribution >= 0.6 is 11.6 Å². The van der Waals surface area contributed by atoms with Gasteiger partial charge in [-0.15, -0.1) is 0 Å². The number of carbonyl (C=O) groups is 1. The molecule has 0 radical (unpaired) electrons. The second-order valence-corrected chi connectivity index (χ2v) is 7.65. The first-order valence-electron chi connectivity index (χ1n) is 10.2. The third-order valence-electron chi connectivity index (χ3n) is 4.64. The summed E-state index contributed by atoms with van der Waals surface area (Å²) in [5.74, 6) is 0.730. The molecule has 3 rings (SSSR count). The molecular formula is C25H27ClN2O3. The van der Waals surface area contributed by atoms with E-state index in [0.717, 1.165) is 22.5 Å². The van der Waals surface area contributed by atoms with Crippen LogP contribution in [0.3, 0.4) is 0 Å². The molecule has 0 aliphatic heterocycles. The number of hydrogen-bond donors (Lipinski definition) is 2. The summed E-state index contributed by atoms with van der Waals surface area (Å²) in [6, 6.07) is 19.3. The van der Waals surface area contributed by atoms with Gasteiger partial charge in [0.2, 0.25) is 0 Å². The van der Waals surface area contributed by atoms with Crippen molar-refractivity contribution in [3.8, 4) is 11.5 Å². The lowest BCUT2D eigenvalue weighted by atomic mass is 10.1. The molecule has 0 heterocycles. The number of ether oxygens (including phenoxy) is 2. The number of nitrogens with one attached hydrogen (secondary N) is 2. The van der Waals surface area contributed by atoms with Gasteiger partial charge < -0.3 is 20.1 Å². The van der Waals surface area contributed by atoms with Gasteiger partial charge in [0.1, 0.15) is 0 Å². The zero-order valence-corrected chi connectivity index (χ0v) is 18.8. The smallest absolute Gasteiger partial charge is 0.262 e. The molecule has 0 unspecified atom stereocenters. The summed E-state index contributed by atoms with van der Waals surface area (Å²) < 4.78 is 11.4. The van der Waals surface area contributed by atoms with Gasteiger partial charge in [-0.05, 0) is 56.7 Å². The zero-order chi connectivity index (χ0) is 22.2. The van der Waals surface area contributed by atoms with Crippen molar-refractivity contribution in [2.45, 2.75) is 27.3 Å². The molecule has 3 aromatic rings. The van der Waals surface area contributed by atoms with E-state index in [9.17, 15) is 4.79 Å². The first-order valence-corrected chi connectivity index (χ1v) is 10.6. The van der Waals surface area contributed by atoms with Crippen molar-refractivity contribution in [3.05, 3.63) is 82.4 Å². The van der Waals surface area contributed by atoms with Gasteiger partial charge in [0.05, 0.1) is 6.61 Å². The third kappa shape index (κ3) is 6.66. The quantitative estimate of drug-likeness (QED) is 0.431. The number of carbonyl (C=O) groups excluding carboxylic acids is 1. The summed E-state index contributed by atoms with van der Waals surface area (Å²) in [7, 11) is 0. The van der Waals surface area contributed by atoms with E-state index in [2.05, 4.69) is 17.6 Å². The van der Waals surface area contributed by atoms with Gasteiger partial charge in [-0.2, -0.15) is 0 Å². The fourth-order valence-corrected chi connectivity index (χ4v) is 3.16. The van der Waals surface area contributed by atoms with Crippen molar-refractivity contribution in [1.29, 1.82) is 0 Å². The number of rotatable bonds is 9. The lowest BCUT2D eigenvalue weighted by Crippen LogP contribution is -2.20. The molecule has 0 atom stereocenters. The Balaban J connectivity index is 1.65. The van der Waals surface area contributed by atoms with E-state index < -0.39 is 0 Å². The van der Waals surface area contributed by atoms with E-state index in [1.807, 2.05) is 68.4 Å². The van der Waals surface area contributed by atoms with E-state index in [-0.39, 0.29) is 12.5 Å². The molecule has 31 heavy (non-hydrogen) atoms. The molecule has 0 fully saturated rings. The summed E-state index contributed by atoms with van der Waals surface area (Å²) in [4.78, 5) is 12.3. The van der Waals surface area contributed by atoms with Gasteiger partial charge in [-0.3, -0.25) is 4.79 Å². The largest absolute Gasteiger partial charge is 0.490 e. The van der Waals surface area contributed by atoms with Crippen molar-refractivity contribution in [2.24, 2.45) is 0 Å². The number of aryl methyl sites for hydroxylation is 2. The van der Waals surface area contributed by atoms with Crippen molar-refractivity contribution in [3.63, 3.8) is 0 Å². The van der Waals surface area contributed by atoms with Crippen LogP contribution in [0.1, 0.15) is 23.6 Å². The van der Waals surface area contributed by atoms with Crippen molar-refractivity contribution in [2.75, 3.05) is 23.8 Å². The average molecular weight is 439 g/mol. The Hall–Kier alpha value is -3.18. The first kappa shape index (κ1) is 22.5. The van der Waals surface area contributed by atoms with Crippen molar-refractivity contribution < 1.29 is 14.3 Å². The standard InChI is InChI=1S/C25H27ClN2O3/c1-4-30-23-13-19(15-27-20-9-5-17(2)6-10-20)22(26)14-24(23)31-16-25(29)28-21-11-7-18(3)8-12-21/h5-14,27H,4,15-16H2,1-3H3,(H,28,29). The highest BCUT2D eigenvalue weighted by molar-refractivity contribution is 6.31. The molecule has 0 saturated carbocycles. The number of amides is 1. The second-order valence-electron chi connectivity index (χ2n) is 7.25. The summed E-state index contributed by atoms with van der Waals surface area (Å²) in [5.41, 5.74) is 4.94. The van der Waals surface area contributed by atoms with Gasteiger partial charge >= 0.3 is 0 Å². The highest BCUT2D eigenvalue weighted by Crippen LogP contribution is 2.34. The van der Waals surface area contributed by atoms with Crippen LogP contribution in [0.25, 0.3) is 0 Å². The maximum absolute atomic E-state index is 12.3. The lowest BCUT2D eigenvalue weighted by Gasteiger charge is -2.16. The van der Waals surface area contributed by atoms with Crippen LogP contribution in [0.4, 0.5) is 11.4 Å². The molecule has 0 aliphatic carbocycles. The Labute approximate surface area is 188 Å². The molecule has 6 heteroatoms. The molecule has 0 aliphatic rings. The topological polar surface area (TPSA) is 59.6 Å². The minimum atomic E-state index is -0.257. The maximum atomic E-state index is 12.3. The SMILES string of the molecule is CCOc1cc(CNc2ccc(C)cc2)c(Cl)cc1OCC(=O)Nc1ccc(C)cc1. The Morgan fingerprint density at radius 3 is 2.06 bits per heavy atom. The lowest BCUT2D eigenvalue weighted by molar-refractivity contribution is -0.118. The molecule has 0 spiro atoms. The normalized spacial score (nSPS) is 10.5. The van der Waals surface area contributed by atoms with Crippen LogP contribution in [-0.4, -0.2) is 19.1 Å². The highest BCUT2D eigenvalue weighted by Gasteiger charge is 2.13. The van der Waals surface area contributed by atoms with Crippen molar-refractivity contribution in [1.82, 2.24) is 0 Å². The van der Waals surface area contributed by atoms with Gasteiger partial charge in [-0.25, -0.2) is 0 Å². The Morgan fingerprint density at radius 1 is 0.871 bits per heavy atom. The van der Waals surface area contributed by atoms with Crippen molar-refractivity contribution >= 4 is 28.9 Å².